The van der Waals surface area contributed by atoms with Gasteiger partial charge in [-0.1, -0.05) is 12.8 Å². The summed E-state index contributed by atoms with van der Waals surface area (Å²) in [5.74, 6) is 0.737. The topological polar surface area (TPSA) is 91.8 Å². The number of nitrogens with zero attached hydrogens (tertiary/aromatic N) is 1. The second kappa shape index (κ2) is 11.9. The number of thiophene rings is 1. The van der Waals surface area contributed by atoms with Gasteiger partial charge in [0.2, 0.25) is 10.0 Å². The number of rotatable bonds is 12. The summed E-state index contributed by atoms with van der Waals surface area (Å²) in [4.78, 5) is 5.79. The molecule has 2 rings (SSSR count). The van der Waals surface area contributed by atoms with E-state index >= 15 is 0 Å². The molecule has 0 bridgehead atoms. The van der Waals surface area contributed by atoms with Crippen molar-refractivity contribution in [2.24, 2.45) is 10.4 Å². The Labute approximate surface area is 179 Å². The first-order chi connectivity index (χ1) is 13.9. The van der Waals surface area contributed by atoms with Crippen molar-refractivity contribution in [1.29, 1.82) is 0 Å². The van der Waals surface area contributed by atoms with Gasteiger partial charge in [0.15, 0.2) is 5.96 Å². The SMILES string of the molecule is CCNC(=NCC1(CCOCC)CCCC1)NCCNS(=O)(=O)c1ccc(C)s1. The summed E-state index contributed by atoms with van der Waals surface area (Å²) in [7, 11) is -3.44. The van der Waals surface area contributed by atoms with Crippen molar-refractivity contribution >= 4 is 27.3 Å². The van der Waals surface area contributed by atoms with Crippen molar-refractivity contribution in [3.05, 3.63) is 17.0 Å². The minimum atomic E-state index is -3.44. The maximum absolute atomic E-state index is 12.3. The molecule has 1 aliphatic rings. The first-order valence-corrected chi connectivity index (χ1v) is 12.9. The lowest BCUT2D eigenvalue weighted by molar-refractivity contribution is 0.107. The number of aliphatic imine (C=N–C) groups is 1. The zero-order chi connectivity index (χ0) is 21.2. The first kappa shape index (κ1) is 24.1. The van der Waals surface area contributed by atoms with Gasteiger partial charge in [0.1, 0.15) is 4.21 Å². The van der Waals surface area contributed by atoms with E-state index in [1.807, 2.05) is 26.8 Å². The van der Waals surface area contributed by atoms with E-state index in [-0.39, 0.29) is 5.41 Å². The molecule has 0 atom stereocenters. The van der Waals surface area contributed by atoms with Crippen LogP contribution in [0.25, 0.3) is 0 Å². The number of nitrogens with one attached hydrogen (secondary N) is 3. The lowest BCUT2D eigenvalue weighted by Crippen LogP contribution is -2.42. The van der Waals surface area contributed by atoms with Crippen LogP contribution in [-0.2, 0) is 14.8 Å². The molecule has 7 nitrogen and oxygen atoms in total. The Morgan fingerprint density at radius 1 is 1.21 bits per heavy atom. The van der Waals surface area contributed by atoms with E-state index in [1.54, 1.807) is 6.07 Å². The number of guanidine groups is 1. The molecule has 0 saturated heterocycles. The largest absolute Gasteiger partial charge is 0.382 e. The molecule has 1 saturated carbocycles. The summed E-state index contributed by atoms with van der Waals surface area (Å²) >= 11 is 1.28. The third-order valence-corrected chi connectivity index (χ3v) is 8.21. The van der Waals surface area contributed by atoms with Crippen LogP contribution in [0.4, 0.5) is 0 Å². The highest BCUT2D eigenvalue weighted by Crippen LogP contribution is 2.41. The highest BCUT2D eigenvalue weighted by molar-refractivity contribution is 7.91. The van der Waals surface area contributed by atoms with E-state index in [4.69, 9.17) is 9.73 Å². The Kier molecular flexibility index (Phi) is 9.88. The molecule has 1 aliphatic carbocycles. The molecule has 3 N–H and O–H groups in total. The first-order valence-electron chi connectivity index (χ1n) is 10.6. The van der Waals surface area contributed by atoms with Gasteiger partial charge >= 0.3 is 0 Å². The highest BCUT2D eigenvalue weighted by Gasteiger charge is 2.33. The molecule has 9 heteroatoms. The summed E-state index contributed by atoms with van der Waals surface area (Å²) in [5, 5.41) is 6.50. The van der Waals surface area contributed by atoms with Crippen LogP contribution in [0.2, 0.25) is 0 Å². The quantitative estimate of drug-likeness (QED) is 0.262. The number of ether oxygens (including phenoxy) is 1. The zero-order valence-corrected chi connectivity index (χ0v) is 19.6. The lowest BCUT2D eigenvalue weighted by Gasteiger charge is -2.27. The molecule has 29 heavy (non-hydrogen) atoms. The van der Waals surface area contributed by atoms with Gasteiger partial charge in [0, 0.05) is 44.3 Å². The molecule has 0 aromatic carbocycles. The molecule has 0 aliphatic heterocycles. The van der Waals surface area contributed by atoms with Gasteiger partial charge in [-0.3, -0.25) is 4.99 Å². The predicted octanol–water partition coefficient (Wildman–Crippen LogP) is 2.88. The van der Waals surface area contributed by atoms with Crippen LogP contribution in [0.1, 0.15) is 50.8 Å². The normalized spacial score (nSPS) is 16.9. The summed E-state index contributed by atoms with van der Waals surface area (Å²) in [5.41, 5.74) is 0.232. The Bertz CT molecular complexity index is 741. The van der Waals surface area contributed by atoms with Crippen molar-refractivity contribution in [2.45, 2.75) is 57.1 Å². The van der Waals surface area contributed by atoms with Crippen molar-refractivity contribution in [1.82, 2.24) is 15.4 Å². The van der Waals surface area contributed by atoms with Crippen LogP contribution in [0, 0.1) is 12.3 Å². The summed E-state index contributed by atoms with van der Waals surface area (Å²) in [6.07, 6.45) is 5.96. The molecule has 1 heterocycles. The standard InChI is InChI=1S/C20H36N4O3S2/c1-4-21-19(23-16-20(10-6-7-11-20)12-15-27-5-2)22-13-14-24-29(25,26)18-9-8-17(3)28-18/h8-9,24H,4-7,10-16H2,1-3H3,(H2,21,22,23). The van der Waals surface area contributed by atoms with Gasteiger partial charge in [-0.15, -0.1) is 11.3 Å². The molecule has 0 amide bonds. The zero-order valence-electron chi connectivity index (χ0n) is 17.9. The lowest BCUT2D eigenvalue weighted by atomic mass is 9.83. The molecule has 166 valence electrons. The van der Waals surface area contributed by atoms with Crippen LogP contribution in [0.5, 0.6) is 0 Å². The van der Waals surface area contributed by atoms with E-state index in [9.17, 15) is 8.42 Å². The molecule has 1 aromatic rings. The number of sulfonamides is 1. The third kappa shape index (κ3) is 7.88. The fourth-order valence-corrected chi connectivity index (χ4v) is 5.99. The molecule has 0 unspecified atom stereocenters. The van der Waals surface area contributed by atoms with Crippen LogP contribution in [-0.4, -0.2) is 53.8 Å². The second-order valence-corrected chi connectivity index (χ2v) is 10.8. The van der Waals surface area contributed by atoms with E-state index in [2.05, 4.69) is 15.4 Å². The summed E-state index contributed by atoms with van der Waals surface area (Å²) in [6, 6.07) is 3.46. The average Bonchev–Trinajstić information content (AvgIpc) is 3.33. The van der Waals surface area contributed by atoms with Gasteiger partial charge in [0.05, 0.1) is 0 Å². The minimum absolute atomic E-state index is 0.232. The molecule has 0 spiro atoms. The summed E-state index contributed by atoms with van der Waals surface area (Å²) in [6.45, 7) is 9.81. The van der Waals surface area contributed by atoms with E-state index in [1.165, 1.54) is 37.0 Å². The smallest absolute Gasteiger partial charge is 0.250 e. The number of hydrogen-bond donors (Lipinski definition) is 3. The van der Waals surface area contributed by atoms with Crippen molar-refractivity contribution < 1.29 is 13.2 Å². The van der Waals surface area contributed by atoms with Gasteiger partial charge in [-0.2, -0.15) is 0 Å². The minimum Gasteiger partial charge on any atom is -0.382 e. The predicted molar refractivity (Wildman–Crippen MR) is 120 cm³/mol. The number of hydrogen-bond acceptors (Lipinski definition) is 5. The number of aryl methyl sites for hydroxylation is 1. The summed E-state index contributed by atoms with van der Waals surface area (Å²) < 4.78 is 33.2. The second-order valence-electron chi connectivity index (χ2n) is 7.54. The van der Waals surface area contributed by atoms with Crippen LogP contribution < -0.4 is 15.4 Å². The van der Waals surface area contributed by atoms with Gasteiger partial charge in [-0.25, -0.2) is 13.1 Å². The van der Waals surface area contributed by atoms with E-state index in [0.717, 1.165) is 43.6 Å². The van der Waals surface area contributed by atoms with Gasteiger partial charge in [-0.05, 0) is 57.6 Å². The van der Waals surface area contributed by atoms with Crippen molar-refractivity contribution in [2.75, 3.05) is 39.4 Å². The van der Waals surface area contributed by atoms with E-state index in [0.29, 0.717) is 17.3 Å². The van der Waals surface area contributed by atoms with Crippen LogP contribution in [0.15, 0.2) is 21.3 Å². The maximum atomic E-state index is 12.3. The van der Waals surface area contributed by atoms with Gasteiger partial charge < -0.3 is 15.4 Å². The maximum Gasteiger partial charge on any atom is 0.250 e. The van der Waals surface area contributed by atoms with Crippen LogP contribution in [0.3, 0.4) is 0 Å². The molecule has 1 fully saturated rings. The fourth-order valence-electron chi connectivity index (χ4n) is 3.63. The van der Waals surface area contributed by atoms with Gasteiger partial charge in [0.25, 0.3) is 0 Å². The molecule has 1 aromatic heterocycles. The average molecular weight is 445 g/mol. The Balaban J connectivity index is 1.85. The monoisotopic (exact) mass is 444 g/mol. The Hall–Kier alpha value is -1.16. The fraction of sp³-hybridized carbons (Fsp3) is 0.750. The third-order valence-electron chi connectivity index (χ3n) is 5.25. The molecular formula is C20H36N4O3S2. The highest BCUT2D eigenvalue weighted by atomic mass is 32.2. The van der Waals surface area contributed by atoms with E-state index < -0.39 is 10.0 Å². The molecule has 0 radical (unpaired) electrons. The Morgan fingerprint density at radius 3 is 2.59 bits per heavy atom. The molecular weight excluding hydrogens is 408 g/mol. The Morgan fingerprint density at radius 2 is 1.97 bits per heavy atom. The van der Waals surface area contributed by atoms with Crippen molar-refractivity contribution in [3.63, 3.8) is 0 Å². The van der Waals surface area contributed by atoms with Crippen molar-refractivity contribution in [3.8, 4) is 0 Å². The van der Waals surface area contributed by atoms with Crippen LogP contribution >= 0.6 is 11.3 Å².